The Morgan fingerprint density at radius 1 is 0.875 bits per heavy atom. The van der Waals surface area contributed by atoms with E-state index in [4.69, 9.17) is 9.47 Å². The highest BCUT2D eigenvalue weighted by molar-refractivity contribution is 6.00. The Labute approximate surface area is 188 Å². The van der Waals surface area contributed by atoms with Crippen molar-refractivity contribution >= 4 is 29.3 Å². The summed E-state index contributed by atoms with van der Waals surface area (Å²) in [5.74, 6) is 0.138. The van der Waals surface area contributed by atoms with Crippen LogP contribution in [-0.4, -0.2) is 36.7 Å². The van der Waals surface area contributed by atoms with Crippen molar-refractivity contribution < 1.29 is 23.9 Å². The van der Waals surface area contributed by atoms with Gasteiger partial charge < -0.3 is 25.4 Å². The van der Waals surface area contributed by atoms with Crippen LogP contribution >= 0.6 is 0 Å². The highest BCUT2D eigenvalue weighted by Crippen LogP contribution is 2.21. The van der Waals surface area contributed by atoms with E-state index in [9.17, 15) is 14.4 Å². The summed E-state index contributed by atoms with van der Waals surface area (Å²) in [7, 11) is 0. The number of alkyl carbamates (subject to hydrolysis) is 1. The molecule has 0 aliphatic heterocycles. The van der Waals surface area contributed by atoms with E-state index in [1.54, 1.807) is 45.0 Å². The van der Waals surface area contributed by atoms with Gasteiger partial charge in [-0.15, -0.1) is 0 Å². The van der Waals surface area contributed by atoms with Gasteiger partial charge >= 0.3 is 6.09 Å². The smallest absolute Gasteiger partial charge is 0.408 e. The predicted octanol–water partition coefficient (Wildman–Crippen LogP) is 4.26. The number of hydrogen-bond acceptors (Lipinski definition) is 5. The highest BCUT2D eigenvalue weighted by atomic mass is 16.6. The molecule has 0 bridgehead atoms. The molecule has 0 aliphatic rings. The van der Waals surface area contributed by atoms with E-state index in [-0.39, 0.29) is 18.9 Å². The van der Waals surface area contributed by atoms with E-state index >= 15 is 0 Å². The van der Waals surface area contributed by atoms with E-state index in [0.29, 0.717) is 24.4 Å². The molecule has 2 aromatic carbocycles. The average Bonchev–Trinajstić information content (AvgIpc) is 2.71. The van der Waals surface area contributed by atoms with Crippen LogP contribution in [-0.2, 0) is 14.3 Å². The summed E-state index contributed by atoms with van der Waals surface area (Å²) in [4.78, 5) is 36.2. The molecule has 0 radical (unpaired) electrons. The Morgan fingerprint density at radius 3 is 2.06 bits per heavy atom. The number of hydrogen-bond donors (Lipinski definition) is 3. The van der Waals surface area contributed by atoms with Crippen molar-refractivity contribution in [1.82, 2.24) is 5.32 Å². The third-order valence-corrected chi connectivity index (χ3v) is 4.11. The van der Waals surface area contributed by atoms with Crippen molar-refractivity contribution in [3.05, 3.63) is 54.1 Å². The standard InChI is InChI=1S/C24H31N3O5/c1-17-11-13-18(14-12-17)31-15-7-10-21(28)26-19-8-5-6-9-20(19)27-22(29)16-25-23(30)32-24(2,3)4/h5-6,8-9,11-14H,7,10,15-16H2,1-4H3,(H,25,30)(H,26,28)(H,27,29). The summed E-state index contributed by atoms with van der Waals surface area (Å²) in [6, 6.07) is 14.6. The molecule has 8 heteroatoms. The van der Waals surface area contributed by atoms with Crippen molar-refractivity contribution in [2.24, 2.45) is 0 Å². The third kappa shape index (κ3) is 9.51. The van der Waals surface area contributed by atoms with Crippen molar-refractivity contribution in [1.29, 1.82) is 0 Å². The van der Waals surface area contributed by atoms with E-state index in [1.165, 1.54) is 0 Å². The molecule has 0 spiro atoms. The Morgan fingerprint density at radius 2 is 1.47 bits per heavy atom. The van der Waals surface area contributed by atoms with Gasteiger partial charge in [0.05, 0.1) is 18.0 Å². The van der Waals surface area contributed by atoms with Crippen molar-refractivity contribution in [3.8, 4) is 5.75 Å². The fraction of sp³-hybridized carbons (Fsp3) is 0.375. The minimum absolute atomic E-state index is 0.189. The van der Waals surface area contributed by atoms with Crippen LogP contribution in [0, 0.1) is 6.92 Å². The lowest BCUT2D eigenvalue weighted by Gasteiger charge is -2.19. The summed E-state index contributed by atoms with van der Waals surface area (Å²) in [5, 5.41) is 7.87. The minimum Gasteiger partial charge on any atom is -0.494 e. The molecule has 2 rings (SSSR count). The number of nitrogens with one attached hydrogen (secondary N) is 3. The van der Waals surface area contributed by atoms with Crippen LogP contribution in [0.2, 0.25) is 0 Å². The molecule has 0 atom stereocenters. The molecular weight excluding hydrogens is 410 g/mol. The lowest BCUT2D eigenvalue weighted by molar-refractivity contribution is -0.117. The summed E-state index contributed by atoms with van der Waals surface area (Å²) >= 11 is 0. The molecule has 0 fully saturated rings. The molecule has 0 saturated heterocycles. The van der Waals surface area contributed by atoms with Gasteiger partial charge in [0, 0.05) is 6.42 Å². The van der Waals surface area contributed by atoms with Gasteiger partial charge in [0.2, 0.25) is 11.8 Å². The van der Waals surface area contributed by atoms with E-state index < -0.39 is 17.6 Å². The van der Waals surface area contributed by atoms with Gasteiger partial charge in [-0.3, -0.25) is 9.59 Å². The summed E-state index contributed by atoms with van der Waals surface area (Å²) < 4.78 is 10.7. The Hall–Kier alpha value is -3.55. The van der Waals surface area contributed by atoms with Crippen molar-refractivity contribution in [2.75, 3.05) is 23.8 Å². The molecule has 0 aromatic heterocycles. The van der Waals surface area contributed by atoms with E-state index in [0.717, 1.165) is 11.3 Å². The Kier molecular flexibility index (Phi) is 9.07. The number of carbonyl (C=O) groups excluding carboxylic acids is 3. The molecule has 0 saturated carbocycles. The zero-order chi connectivity index (χ0) is 23.6. The lowest BCUT2D eigenvalue weighted by atomic mass is 10.2. The summed E-state index contributed by atoms with van der Waals surface area (Å²) in [6.45, 7) is 7.38. The number of rotatable bonds is 9. The number of para-hydroxylation sites is 2. The molecule has 8 nitrogen and oxygen atoms in total. The predicted molar refractivity (Wildman–Crippen MR) is 124 cm³/mol. The van der Waals surface area contributed by atoms with E-state index in [1.807, 2.05) is 31.2 Å². The highest BCUT2D eigenvalue weighted by Gasteiger charge is 2.17. The largest absolute Gasteiger partial charge is 0.494 e. The second-order valence-electron chi connectivity index (χ2n) is 8.26. The number of anilines is 2. The van der Waals surface area contributed by atoms with Gasteiger partial charge in [-0.1, -0.05) is 29.8 Å². The first-order valence-corrected chi connectivity index (χ1v) is 10.5. The maximum Gasteiger partial charge on any atom is 0.408 e. The summed E-state index contributed by atoms with van der Waals surface area (Å²) in [5.41, 5.74) is 1.42. The molecule has 3 N–H and O–H groups in total. The van der Waals surface area contributed by atoms with Crippen LogP contribution in [0.25, 0.3) is 0 Å². The van der Waals surface area contributed by atoms with Crippen LogP contribution in [0.3, 0.4) is 0 Å². The van der Waals surface area contributed by atoms with Crippen LogP contribution < -0.4 is 20.7 Å². The number of ether oxygens (including phenoxy) is 2. The zero-order valence-electron chi connectivity index (χ0n) is 19.0. The first-order chi connectivity index (χ1) is 15.1. The molecule has 3 amide bonds. The SMILES string of the molecule is Cc1ccc(OCCCC(=O)Nc2ccccc2NC(=O)CNC(=O)OC(C)(C)C)cc1. The Balaban J connectivity index is 1.77. The first-order valence-electron chi connectivity index (χ1n) is 10.5. The molecule has 0 unspecified atom stereocenters. The topological polar surface area (TPSA) is 106 Å². The van der Waals surface area contributed by atoms with Gasteiger partial charge in [-0.25, -0.2) is 4.79 Å². The van der Waals surface area contributed by atoms with Gasteiger partial charge in [-0.2, -0.15) is 0 Å². The van der Waals surface area contributed by atoms with Crippen molar-refractivity contribution in [3.63, 3.8) is 0 Å². The number of benzene rings is 2. The zero-order valence-corrected chi connectivity index (χ0v) is 19.0. The first kappa shape index (κ1) is 24.7. The van der Waals surface area contributed by atoms with Gasteiger partial charge in [0.1, 0.15) is 17.9 Å². The van der Waals surface area contributed by atoms with Crippen LogP contribution in [0.4, 0.5) is 16.2 Å². The number of carbonyl (C=O) groups is 3. The van der Waals surface area contributed by atoms with E-state index in [2.05, 4.69) is 16.0 Å². The van der Waals surface area contributed by atoms with Crippen LogP contribution in [0.15, 0.2) is 48.5 Å². The average molecular weight is 442 g/mol. The molecule has 2 aromatic rings. The second kappa shape index (κ2) is 11.7. The molecule has 172 valence electrons. The second-order valence-corrected chi connectivity index (χ2v) is 8.26. The van der Waals surface area contributed by atoms with Gasteiger partial charge in [0.25, 0.3) is 0 Å². The van der Waals surface area contributed by atoms with Gasteiger partial charge in [-0.05, 0) is 58.4 Å². The molecular formula is C24H31N3O5. The quantitative estimate of drug-likeness (QED) is 0.504. The third-order valence-electron chi connectivity index (χ3n) is 4.11. The number of aryl methyl sites for hydroxylation is 1. The maximum atomic E-state index is 12.3. The monoisotopic (exact) mass is 441 g/mol. The lowest BCUT2D eigenvalue weighted by Crippen LogP contribution is -2.37. The number of amides is 3. The summed E-state index contributed by atoms with van der Waals surface area (Å²) in [6.07, 6.45) is 0.143. The normalized spacial score (nSPS) is 10.8. The Bertz CT molecular complexity index is 920. The maximum absolute atomic E-state index is 12.3. The molecule has 0 heterocycles. The fourth-order valence-electron chi connectivity index (χ4n) is 2.63. The minimum atomic E-state index is -0.679. The van der Waals surface area contributed by atoms with Gasteiger partial charge in [0.15, 0.2) is 0 Å². The molecule has 32 heavy (non-hydrogen) atoms. The molecule has 0 aliphatic carbocycles. The van der Waals surface area contributed by atoms with Crippen molar-refractivity contribution in [2.45, 2.75) is 46.1 Å². The van der Waals surface area contributed by atoms with Crippen LogP contribution in [0.1, 0.15) is 39.2 Å². The van der Waals surface area contributed by atoms with Crippen LogP contribution in [0.5, 0.6) is 5.75 Å². The fourth-order valence-corrected chi connectivity index (χ4v) is 2.63.